The topological polar surface area (TPSA) is 28.1 Å². The smallest absolute Gasteiger partial charge is 0.385 e. The summed E-state index contributed by atoms with van der Waals surface area (Å²) in [5.41, 5.74) is 1.84. The van der Waals surface area contributed by atoms with Crippen LogP contribution in [0.1, 0.15) is 5.56 Å². The lowest BCUT2D eigenvalue weighted by Crippen LogP contribution is -3.00. The molecular weight excluding hydrogens is 252 g/mol. The van der Waals surface area contributed by atoms with Gasteiger partial charge in [0.05, 0.1) is 0 Å². The number of hydrogen-bond acceptors (Lipinski definition) is 2. The van der Waals surface area contributed by atoms with Gasteiger partial charge in [-0.1, -0.05) is 29.5 Å². The molecule has 0 aliphatic heterocycles. The van der Waals surface area contributed by atoms with Crippen molar-refractivity contribution in [3.05, 3.63) is 59.1 Å². The van der Waals surface area contributed by atoms with E-state index >= 15 is 0 Å². The van der Waals surface area contributed by atoms with E-state index < -0.39 is 0 Å². The van der Waals surface area contributed by atoms with Crippen LogP contribution in [0.4, 0.5) is 5.69 Å². The van der Waals surface area contributed by atoms with Gasteiger partial charge in [0.2, 0.25) is 5.39 Å². The van der Waals surface area contributed by atoms with Gasteiger partial charge in [0.15, 0.2) is 4.98 Å². The Hall–Kier alpha value is -1.50. The van der Waals surface area contributed by atoms with Crippen LogP contribution in [-0.2, 0) is 0 Å². The highest BCUT2D eigenvalue weighted by Gasteiger charge is 2.03. The standard InChI is InChI=1S/C13H11N2S.ClH/c1-10-2-6-12(7-3-10)16-13-8-4-11(15-14)5-9-13;/h2-9H,1H3;1H/q+1;/p-1. The molecular formula is C13H11ClN2S. The van der Waals surface area contributed by atoms with Crippen LogP contribution in [0.15, 0.2) is 58.3 Å². The maximum absolute atomic E-state index is 8.57. The zero-order chi connectivity index (χ0) is 11.4. The van der Waals surface area contributed by atoms with E-state index in [0.717, 1.165) is 4.90 Å². The van der Waals surface area contributed by atoms with Crippen molar-refractivity contribution in [3.63, 3.8) is 0 Å². The van der Waals surface area contributed by atoms with Gasteiger partial charge in [-0.25, -0.2) is 0 Å². The Morgan fingerprint density at radius 3 is 1.82 bits per heavy atom. The molecule has 2 aromatic rings. The highest BCUT2D eigenvalue weighted by Crippen LogP contribution is 2.29. The van der Waals surface area contributed by atoms with Crippen LogP contribution in [0.3, 0.4) is 0 Å². The molecule has 4 heteroatoms. The van der Waals surface area contributed by atoms with Gasteiger partial charge in [-0.2, -0.15) is 0 Å². The summed E-state index contributed by atoms with van der Waals surface area (Å²) in [4.78, 5) is 5.46. The van der Waals surface area contributed by atoms with Gasteiger partial charge in [-0.05, 0) is 31.2 Å². The molecule has 0 aliphatic rings. The Morgan fingerprint density at radius 2 is 1.35 bits per heavy atom. The first-order valence-electron chi connectivity index (χ1n) is 4.97. The first-order chi connectivity index (χ1) is 7.78. The Kier molecular flexibility index (Phi) is 5.02. The molecule has 0 spiro atoms. The van der Waals surface area contributed by atoms with Crippen molar-refractivity contribution in [2.75, 3.05) is 0 Å². The minimum atomic E-state index is 0. The number of benzene rings is 2. The molecule has 0 heterocycles. The molecule has 0 N–H and O–H groups in total. The summed E-state index contributed by atoms with van der Waals surface area (Å²) in [7, 11) is 0. The molecule has 0 bridgehead atoms. The summed E-state index contributed by atoms with van der Waals surface area (Å²) in [6.45, 7) is 2.08. The van der Waals surface area contributed by atoms with E-state index in [9.17, 15) is 0 Å². The van der Waals surface area contributed by atoms with Crippen molar-refractivity contribution in [3.8, 4) is 0 Å². The van der Waals surface area contributed by atoms with E-state index in [1.54, 1.807) is 23.9 Å². The first-order valence-corrected chi connectivity index (χ1v) is 5.79. The molecule has 2 rings (SSSR count). The average Bonchev–Trinajstić information content (AvgIpc) is 2.33. The molecule has 0 unspecified atom stereocenters. The molecule has 0 radical (unpaired) electrons. The number of diazo groups is 1. The van der Waals surface area contributed by atoms with E-state index in [4.69, 9.17) is 5.39 Å². The fourth-order valence-corrected chi connectivity index (χ4v) is 2.14. The zero-order valence-corrected chi connectivity index (χ0v) is 10.9. The van der Waals surface area contributed by atoms with Crippen molar-refractivity contribution < 1.29 is 12.4 Å². The Morgan fingerprint density at radius 1 is 0.882 bits per heavy atom. The van der Waals surface area contributed by atoms with E-state index in [-0.39, 0.29) is 12.4 Å². The van der Waals surface area contributed by atoms with Gasteiger partial charge < -0.3 is 12.4 Å². The van der Waals surface area contributed by atoms with E-state index in [1.165, 1.54) is 10.5 Å². The fourth-order valence-electron chi connectivity index (χ4n) is 1.32. The monoisotopic (exact) mass is 262 g/mol. The van der Waals surface area contributed by atoms with Crippen molar-refractivity contribution in [1.82, 2.24) is 0 Å². The van der Waals surface area contributed by atoms with E-state index in [0.29, 0.717) is 5.69 Å². The van der Waals surface area contributed by atoms with Crippen LogP contribution in [0, 0.1) is 12.3 Å². The molecule has 17 heavy (non-hydrogen) atoms. The second-order valence-electron chi connectivity index (χ2n) is 3.51. The first kappa shape index (κ1) is 13.6. The fraction of sp³-hybridized carbons (Fsp3) is 0.0769. The predicted octanol–water partition coefficient (Wildman–Crippen LogP) is 1.63. The lowest BCUT2D eigenvalue weighted by molar-refractivity contribution is -0.00000345. The van der Waals surface area contributed by atoms with Gasteiger partial charge in [0.25, 0.3) is 0 Å². The number of rotatable bonds is 2. The predicted molar refractivity (Wildman–Crippen MR) is 66.5 cm³/mol. The van der Waals surface area contributed by atoms with Gasteiger partial charge in [0.1, 0.15) is 0 Å². The van der Waals surface area contributed by atoms with Crippen LogP contribution in [-0.4, -0.2) is 0 Å². The largest absolute Gasteiger partial charge is 1.00 e. The third kappa shape index (κ3) is 3.77. The average molecular weight is 263 g/mol. The maximum atomic E-state index is 8.57. The molecule has 0 saturated carbocycles. The Balaban J connectivity index is 0.00000144. The molecule has 2 nitrogen and oxygen atoms in total. The van der Waals surface area contributed by atoms with Gasteiger partial charge in [0, 0.05) is 21.9 Å². The molecule has 0 fully saturated rings. The molecule has 0 saturated heterocycles. The van der Waals surface area contributed by atoms with Crippen LogP contribution in [0.25, 0.3) is 4.98 Å². The van der Waals surface area contributed by atoms with Crippen molar-refractivity contribution in [1.29, 1.82) is 5.39 Å². The minimum Gasteiger partial charge on any atom is -1.00 e. The summed E-state index contributed by atoms with van der Waals surface area (Å²) >= 11 is 1.69. The molecule has 0 amide bonds. The normalized spacial score (nSPS) is 9.18. The highest BCUT2D eigenvalue weighted by atomic mass is 35.5. The van der Waals surface area contributed by atoms with Crippen LogP contribution < -0.4 is 12.4 Å². The van der Waals surface area contributed by atoms with Gasteiger partial charge >= 0.3 is 5.69 Å². The van der Waals surface area contributed by atoms with Crippen molar-refractivity contribution in [2.24, 2.45) is 0 Å². The molecule has 0 aromatic heterocycles. The van der Waals surface area contributed by atoms with Gasteiger partial charge in [-0.15, -0.1) is 0 Å². The van der Waals surface area contributed by atoms with Crippen LogP contribution in [0.2, 0.25) is 0 Å². The van der Waals surface area contributed by atoms with Crippen molar-refractivity contribution >= 4 is 17.4 Å². The summed E-state index contributed by atoms with van der Waals surface area (Å²) in [6.07, 6.45) is 0. The molecule has 2 aromatic carbocycles. The third-order valence-electron chi connectivity index (χ3n) is 2.21. The summed E-state index contributed by atoms with van der Waals surface area (Å²) in [5, 5.41) is 8.57. The van der Waals surface area contributed by atoms with Crippen LogP contribution >= 0.6 is 11.8 Å². The quantitative estimate of drug-likeness (QED) is 0.770. The molecule has 86 valence electrons. The highest BCUT2D eigenvalue weighted by molar-refractivity contribution is 7.99. The number of nitrogens with zero attached hydrogens (tertiary/aromatic N) is 2. The Labute approximate surface area is 111 Å². The summed E-state index contributed by atoms with van der Waals surface area (Å²) < 4.78 is 0. The van der Waals surface area contributed by atoms with Crippen molar-refractivity contribution in [2.45, 2.75) is 16.7 Å². The second-order valence-corrected chi connectivity index (χ2v) is 4.66. The lowest BCUT2D eigenvalue weighted by atomic mass is 10.2. The van der Waals surface area contributed by atoms with Gasteiger partial charge in [-0.3, -0.25) is 0 Å². The summed E-state index contributed by atoms with van der Waals surface area (Å²) in [6, 6.07) is 15.9. The summed E-state index contributed by atoms with van der Waals surface area (Å²) in [5.74, 6) is 0. The van der Waals surface area contributed by atoms with Crippen LogP contribution in [0.5, 0.6) is 0 Å². The Bertz CT molecular complexity index is 515. The third-order valence-corrected chi connectivity index (χ3v) is 3.22. The minimum absolute atomic E-state index is 0. The zero-order valence-electron chi connectivity index (χ0n) is 9.30. The number of aryl methyl sites for hydroxylation is 1. The van der Waals surface area contributed by atoms with E-state index in [2.05, 4.69) is 36.2 Å². The molecule has 0 aliphatic carbocycles. The molecule has 0 atom stereocenters. The second kappa shape index (κ2) is 6.29. The SMILES string of the molecule is Cc1ccc(Sc2ccc([N+]#N)cc2)cc1.[Cl-]. The number of hydrogen-bond donors (Lipinski definition) is 0. The lowest BCUT2D eigenvalue weighted by Gasteiger charge is -2.00. The van der Waals surface area contributed by atoms with E-state index in [1.807, 2.05) is 12.1 Å². The number of halogens is 1. The maximum Gasteiger partial charge on any atom is 0.385 e.